The van der Waals surface area contributed by atoms with Crippen LogP contribution in [-0.4, -0.2) is 18.0 Å². The molecular weight excluding hydrogens is 352 g/mol. The zero-order valence-electron chi connectivity index (χ0n) is 9.27. The molecule has 2 N–H and O–H groups in total. The van der Waals surface area contributed by atoms with Crippen LogP contribution >= 0.6 is 50.7 Å². The number of halogens is 4. The van der Waals surface area contributed by atoms with Crippen molar-refractivity contribution in [2.24, 2.45) is 0 Å². The van der Waals surface area contributed by atoms with Crippen LogP contribution in [0.2, 0.25) is 0 Å². The van der Waals surface area contributed by atoms with E-state index in [1.165, 1.54) is 0 Å². The lowest BCUT2D eigenvalue weighted by atomic mass is 10.1. The second-order valence-electron chi connectivity index (χ2n) is 3.33. The van der Waals surface area contributed by atoms with E-state index in [2.05, 4.69) is 15.9 Å². The van der Waals surface area contributed by atoms with E-state index in [-0.39, 0.29) is 6.42 Å². The van der Waals surface area contributed by atoms with Gasteiger partial charge >= 0.3 is 0 Å². The zero-order chi connectivity index (χ0) is 13.1. The molecule has 0 aliphatic carbocycles. The molecule has 0 radical (unpaired) electrons. The molecule has 0 unspecified atom stereocenters. The van der Waals surface area contributed by atoms with Crippen LogP contribution in [0.4, 0.5) is 5.69 Å². The Kier molecular flexibility index (Phi) is 5.83. The van der Waals surface area contributed by atoms with Crippen molar-refractivity contribution >= 4 is 56.4 Å². The monoisotopic (exact) mass is 362 g/mol. The fourth-order valence-electron chi connectivity index (χ4n) is 1.39. The van der Waals surface area contributed by atoms with Crippen molar-refractivity contribution in [3.05, 3.63) is 22.2 Å². The molecule has 0 heterocycles. The molecule has 0 atom stereocenters. The van der Waals surface area contributed by atoms with Crippen LogP contribution in [0.5, 0.6) is 5.75 Å². The molecule has 7 heteroatoms. The first-order chi connectivity index (χ1) is 7.87. The van der Waals surface area contributed by atoms with Crippen LogP contribution in [0.25, 0.3) is 0 Å². The lowest BCUT2D eigenvalue weighted by molar-refractivity contribution is -0.830. The number of hydrogen-bond acceptors (Lipinski definition) is 2. The topological polar surface area (TPSA) is 35.1 Å². The van der Waals surface area contributed by atoms with Crippen LogP contribution in [0.15, 0.2) is 16.6 Å². The number of nitrogens with two attached hydrogens (primary N) is 1. The van der Waals surface area contributed by atoms with Crippen molar-refractivity contribution in [1.82, 2.24) is 0 Å². The molecule has 0 amide bonds. The van der Waals surface area contributed by atoms with Crippen LogP contribution in [0.1, 0.15) is 5.56 Å². The number of rotatable bonds is 4. The summed E-state index contributed by atoms with van der Waals surface area (Å²) in [4.78, 5) is 4.94. The van der Waals surface area contributed by atoms with E-state index in [1.54, 1.807) is 19.7 Å². The minimum atomic E-state index is -1.36. The summed E-state index contributed by atoms with van der Waals surface area (Å²) in [7, 11) is 3.15. The Hall–Kier alpha value is 0.290. The highest BCUT2D eigenvalue weighted by molar-refractivity contribution is 9.10. The summed E-state index contributed by atoms with van der Waals surface area (Å²) in [6.07, 6.45) is 0.259. The highest BCUT2D eigenvalue weighted by Crippen LogP contribution is 2.38. The minimum absolute atomic E-state index is 0.259. The summed E-state index contributed by atoms with van der Waals surface area (Å²) in [6, 6.07) is 3.69. The van der Waals surface area contributed by atoms with Gasteiger partial charge < -0.3 is 4.74 Å². The third-order valence-corrected chi connectivity index (χ3v) is 3.14. The molecule has 0 bridgehead atoms. The van der Waals surface area contributed by atoms with Crippen LogP contribution in [0, 0.1) is 0 Å². The molecule has 0 aliphatic heterocycles. The maximum absolute atomic E-state index is 5.79. The van der Waals surface area contributed by atoms with Gasteiger partial charge in [-0.25, -0.2) is 4.84 Å². The van der Waals surface area contributed by atoms with E-state index in [0.29, 0.717) is 5.75 Å². The van der Waals surface area contributed by atoms with Gasteiger partial charge in [-0.05, 0) is 0 Å². The third kappa shape index (κ3) is 4.81. The second kappa shape index (κ2) is 6.45. The summed E-state index contributed by atoms with van der Waals surface area (Å²) in [5.41, 5.74) is 3.27. The van der Waals surface area contributed by atoms with Crippen molar-refractivity contribution < 1.29 is 15.1 Å². The van der Waals surface area contributed by atoms with Gasteiger partial charge in [-0.15, -0.1) is 0 Å². The van der Waals surface area contributed by atoms with E-state index >= 15 is 0 Å². The molecule has 0 saturated carbocycles. The quantitative estimate of drug-likeness (QED) is 0.506. The average molecular weight is 364 g/mol. The molecule has 1 aromatic rings. The van der Waals surface area contributed by atoms with E-state index in [0.717, 1.165) is 15.7 Å². The molecule has 1 rings (SSSR count). The Morgan fingerprint density at radius 2 is 1.94 bits per heavy atom. The first-order valence-corrected chi connectivity index (χ1v) is 6.59. The summed E-state index contributed by atoms with van der Waals surface area (Å²) in [6.45, 7) is 0. The van der Waals surface area contributed by atoms with Crippen molar-refractivity contribution in [2.45, 2.75) is 10.2 Å². The molecule has 0 saturated heterocycles. The van der Waals surface area contributed by atoms with Crippen LogP contribution < -0.4 is 10.2 Å². The van der Waals surface area contributed by atoms with Gasteiger partial charge in [0.15, 0.2) is 9.48 Å². The first kappa shape index (κ1) is 15.3. The average Bonchev–Trinajstić information content (AvgIpc) is 2.20. The Labute approximate surface area is 123 Å². The molecular formula is C10H12BrCl3NO2+. The normalized spacial score (nSPS) is 11.6. The Morgan fingerprint density at radius 3 is 2.41 bits per heavy atom. The van der Waals surface area contributed by atoms with E-state index in [1.807, 2.05) is 12.1 Å². The minimum Gasteiger partial charge on any atom is -0.496 e. The summed E-state index contributed by atoms with van der Waals surface area (Å²) >= 11 is 20.8. The summed E-state index contributed by atoms with van der Waals surface area (Å²) in [5, 5.41) is 0. The molecule has 96 valence electrons. The van der Waals surface area contributed by atoms with Crippen molar-refractivity contribution in [3.8, 4) is 5.75 Å². The molecule has 0 aliphatic rings. The predicted molar refractivity (Wildman–Crippen MR) is 73.3 cm³/mol. The molecule has 0 spiro atoms. The standard InChI is InChI=1S/C10H11BrCl3NO2/c1-16-9-4-6(15-17-2)3-8(11)7(9)5-10(12,13)14/h3-4,15H,5H2,1-2H3/p+1. The Bertz CT molecular complexity index is 396. The maximum Gasteiger partial charge on any atom is 0.194 e. The van der Waals surface area contributed by atoms with Gasteiger partial charge in [0.05, 0.1) is 14.2 Å². The molecule has 3 nitrogen and oxygen atoms in total. The highest BCUT2D eigenvalue weighted by atomic mass is 79.9. The molecule has 1 aromatic carbocycles. The van der Waals surface area contributed by atoms with Gasteiger partial charge in [0.25, 0.3) is 0 Å². The van der Waals surface area contributed by atoms with Crippen molar-refractivity contribution in [1.29, 1.82) is 0 Å². The number of alkyl halides is 3. The second-order valence-corrected chi connectivity index (χ2v) is 6.70. The largest absolute Gasteiger partial charge is 0.496 e. The van der Waals surface area contributed by atoms with Gasteiger partial charge in [0.2, 0.25) is 0 Å². The lowest BCUT2D eigenvalue weighted by Crippen LogP contribution is -2.75. The molecule has 0 fully saturated rings. The Morgan fingerprint density at radius 1 is 1.29 bits per heavy atom. The predicted octanol–water partition coefficient (Wildman–Crippen LogP) is 3.13. The fraction of sp³-hybridized carbons (Fsp3) is 0.400. The van der Waals surface area contributed by atoms with E-state index in [4.69, 9.17) is 44.4 Å². The van der Waals surface area contributed by atoms with Crippen molar-refractivity contribution in [2.75, 3.05) is 14.2 Å². The zero-order valence-corrected chi connectivity index (χ0v) is 13.1. The summed E-state index contributed by atoms with van der Waals surface area (Å²) in [5.74, 6) is 0.647. The van der Waals surface area contributed by atoms with Crippen LogP contribution in [0.3, 0.4) is 0 Å². The molecule has 17 heavy (non-hydrogen) atoms. The van der Waals surface area contributed by atoms with Gasteiger partial charge in [-0.2, -0.15) is 5.48 Å². The van der Waals surface area contributed by atoms with Gasteiger partial charge in [0.1, 0.15) is 5.75 Å². The maximum atomic E-state index is 5.79. The van der Waals surface area contributed by atoms with Gasteiger partial charge in [-0.3, -0.25) is 0 Å². The number of methoxy groups -OCH3 is 1. The SMILES string of the molecule is CO[NH2+]c1cc(Br)c(CC(Cl)(Cl)Cl)c(OC)c1. The number of quaternary nitrogens is 1. The number of hydrogen-bond donors (Lipinski definition) is 1. The fourth-order valence-corrected chi connectivity index (χ4v) is 2.39. The molecule has 0 aromatic heterocycles. The Balaban J connectivity index is 3.12. The van der Waals surface area contributed by atoms with Crippen molar-refractivity contribution in [3.63, 3.8) is 0 Å². The first-order valence-electron chi connectivity index (χ1n) is 4.66. The van der Waals surface area contributed by atoms with Crippen LogP contribution in [-0.2, 0) is 11.3 Å². The lowest BCUT2D eigenvalue weighted by Gasteiger charge is -2.16. The third-order valence-electron chi connectivity index (χ3n) is 2.03. The van der Waals surface area contributed by atoms with Gasteiger partial charge in [0, 0.05) is 28.6 Å². The number of ether oxygens (including phenoxy) is 1. The number of benzene rings is 1. The summed E-state index contributed by atoms with van der Waals surface area (Å²) < 4.78 is 4.73. The highest BCUT2D eigenvalue weighted by Gasteiger charge is 2.25. The smallest absolute Gasteiger partial charge is 0.194 e. The van der Waals surface area contributed by atoms with E-state index < -0.39 is 3.79 Å². The van der Waals surface area contributed by atoms with Gasteiger partial charge in [-0.1, -0.05) is 50.7 Å². The van der Waals surface area contributed by atoms with E-state index in [9.17, 15) is 0 Å².